The average molecular weight is 178 g/mol. The van der Waals surface area contributed by atoms with Gasteiger partial charge in [-0.15, -0.1) is 0 Å². The summed E-state index contributed by atoms with van der Waals surface area (Å²) in [6.07, 6.45) is 2.09. The maximum atomic E-state index is 11.1. The van der Waals surface area contributed by atoms with E-state index >= 15 is 0 Å². The highest BCUT2D eigenvalue weighted by Gasteiger charge is 2.13. The van der Waals surface area contributed by atoms with Crippen LogP contribution in [0.25, 0.3) is 0 Å². The zero-order valence-electron chi connectivity index (χ0n) is 7.29. The van der Waals surface area contributed by atoms with Crippen molar-refractivity contribution in [3.05, 3.63) is 12.0 Å². The maximum Gasteiger partial charge on any atom is 0.226 e. The monoisotopic (exact) mass is 178 g/mol. The van der Waals surface area contributed by atoms with E-state index < -0.39 is 0 Å². The summed E-state index contributed by atoms with van der Waals surface area (Å²) in [6.45, 7) is 2.43. The minimum absolute atomic E-state index is 0.00120. The summed E-state index contributed by atoms with van der Waals surface area (Å²) in [4.78, 5) is 19.3. The van der Waals surface area contributed by atoms with Crippen molar-refractivity contribution in [3.63, 3.8) is 0 Å². The number of hydrogen-bond donors (Lipinski definition) is 2. The minimum Gasteiger partial charge on any atom is -0.368 e. The molecule has 1 aliphatic heterocycles. The van der Waals surface area contributed by atoms with E-state index in [4.69, 9.17) is 0 Å². The third-order valence-electron chi connectivity index (χ3n) is 1.83. The number of carbonyl (C=O) groups is 1. The fraction of sp³-hybridized carbons (Fsp3) is 0.375. The Morgan fingerprint density at radius 3 is 3.23 bits per heavy atom. The summed E-state index contributed by atoms with van der Waals surface area (Å²) in [7, 11) is 0. The number of hydrogen-bond acceptors (Lipinski definition) is 4. The SMILES string of the molecule is Cc1ncc2c(n1)NCCC(=O)N2. The van der Waals surface area contributed by atoms with E-state index in [1.54, 1.807) is 6.20 Å². The predicted molar refractivity (Wildman–Crippen MR) is 48.5 cm³/mol. The molecule has 1 aromatic rings. The van der Waals surface area contributed by atoms with Crippen LogP contribution in [0.1, 0.15) is 12.2 Å². The lowest BCUT2D eigenvalue weighted by Crippen LogP contribution is -2.10. The molecule has 0 saturated heterocycles. The number of rotatable bonds is 0. The molecule has 68 valence electrons. The van der Waals surface area contributed by atoms with Gasteiger partial charge in [0.1, 0.15) is 11.5 Å². The van der Waals surface area contributed by atoms with Crippen LogP contribution in [0.4, 0.5) is 11.5 Å². The lowest BCUT2D eigenvalue weighted by Gasteiger charge is -2.05. The molecule has 0 atom stereocenters. The quantitative estimate of drug-likeness (QED) is 0.608. The van der Waals surface area contributed by atoms with E-state index in [2.05, 4.69) is 20.6 Å². The molecule has 2 N–H and O–H groups in total. The molecule has 0 aliphatic carbocycles. The van der Waals surface area contributed by atoms with Gasteiger partial charge in [0.25, 0.3) is 0 Å². The van der Waals surface area contributed by atoms with Crippen LogP contribution in [0.2, 0.25) is 0 Å². The van der Waals surface area contributed by atoms with Gasteiger partial charge in [-0.3, -0.25) is 4.79 Å². The van der Waals surface area contributed by atoms with E-state index in [-0.39, 0.29) is 5.91 Å². The highest BCUT2D eigenvalue weighted by molar-refractivity contribution is 5.94. The van der Waals surface area contributed by atoms with Gasteiger partial charge < -0.3 is 10.6 Å². The van der Waals surface area contributed by atoms with Crippen molar-refractivity contribution < 1.29 is 4.79 Å². The third-order valence-corrected chi connectivity index (χ3v) is 1.83. The van der Waals surface area contributed by atoms with Gasteiger partial charge in [0.2, 0.25) is 5.91 Å². The molecule has 5 nitrogen and oxygen atoms in total. The van der Waals surface area contributed by atoms with Gasteiger partial charge in [-0.25, -0.2) is 9.97 Å². The first-order valence-electron chi connectivity index (χ1n) is 4.13. The van der Waals surface area contributed by atoms with E-state index in [0.29, 0.717) is 30.3 Å². The molecule has 0 bridgehead atoms. The molecule has 0 unspecified atom stereocenters. The first-order chi connectivity index (χ1) is 6.25. The Morgan fingerprint density at radius 1 is 1.54 bits per heavy atom. The number of nitrogens with one attached hydrogen (secondary N) is 2. The normalized spacial score (nSPS) is 15.3. The Kier molecular flexibility index (Phi) is 1.84. The zero-order valence-corrected chi connectivity index (χ0v) is 7.29. The largest absolute Gasteiger partial charge is 0.368 e. The second-order valence-electron chi connectivity index (χ2n) is 2.90. The van der Waals surface area contributed by atoms with Crippen LogP contribution in [-0.2, 0) is 4.79 Å². The number of carbonyl (C=O) groups excluding carboxylic acids is 1. The third kappa shape index (κ3) is 1.58. The van der Waals surface area contributed by atoms with Gasteiger partial charge in [-0.2, -0.15) is 0 Å². The molecular formula is C8H10N4O. The van der Waals surface area contributed by atoms with Gasteiger partial charge in [0.15, 0.2) is 5.82 Å². The van der Waals surface area contributed by atoms with Crippen molar-refractivity contribution in [3.8, 4) is 0 Å². The fourth-order valence-electron chi connectivity index (χ4n) is 1.20. The van der Waals surface area contributed by atoms with Gasteiger partial charge in [-0.1, -0.05) is 0 Å². The van der Waals surface area contributed by atoms with Crippen LogP contribution in [0.5, 0.6) is 0 Å². The lowest BCUT2D eigenvalue weighted by atomic mass is 10.4. The molecule has 0 fully saturated rings. The Morgan fingerprint density at radius 2 is 2.38 bits per heavy atom. The fourth-order valence-corrected chi connectivity index (χ4v) is 1.20. The molecule has 1 amide bonds. The molecule has 13 heavy (non-hydrogen) atoms. The van der Waals surface area contributed by atoms with E-state index in [0.717, 1.165) is 0 Å². The highest BCUT2D eigenvalue weighted by Crippen LogP contribution is 2.19. The maximum absolute atomic E-state index is 11.1. The van der Waals surface area contributed by atoms with Crippen LogP contribution < -0.4 is 10.6 Å². The number of aryl methyl sites for hydroxylation is 1. The number of anilines is 2. The van der Waals surface area contributed by atoms with Crippen LogP contribution in [0, 0.1) is 6.92 Å². The zero-order chi connectivity index (χ0) is 9.26. The van der Waals surface area contributed by atoms with E-state index in [1.807, 2.05) is 6.92 Å². The van der Waals surface area contributed by atoms with Crippen molar-refractivity contribution >= 4 is 17.4 Å². The van der Waals surface area contributed by atoms with Crippen molar-refractivity contribution in [1.29, 1.82) is 0 Å². The van der Waals surface area contributed by atoms with Crippen molar-refractivity contribution in [2.75, 3.05) is 17.2 Å². The second-order valence-corrected chi connectivity index (χ2v) is 2.90. The summed E-state index contributed by atoms with van der Waals surface area (Å²) in [6, 6.07) is 0. The summed E-state index contributed by atoms with van der Waals surface area (Å²) < 4.78 is 0. The first kappa shape index (κ1) is 7.97. The summed E-state index contributed by atoms with van der Waals surface area (Å²) in [5.41, 5.74) is 0.660. The van der Waals surface area contributed by atoms with Crippen molar-refractivity contribution in [2.45, 2.75) is 13.3 Å². The first-order valence-corrected chi connectivity index (χ1v) is 4.13. The number of amides is 1. The Balaban J connectivity index is 2.40. The van der Waals surface area contributed by atoms with Gasteiger partial charge >= 0.3 is 0 Å². The number of nitrogens with zero attached hydrogens (tertiary/aromatic N) is 2. The Hall–Kier alpha value is -1.65. The molecule has 0 saturated carbocycles. The molecular weight excluding hydrogens is 168 g/mol. The molecule has 0 radical (unpaired) electrons. The molecule has 0 spiro atoms. The van der Waals surface area contributed by atoms with Gasteiger partial charge in [0, 0.05) is 13.0 Å². The second kappa shape index (κ2) is 3.01. The van der Waals surface area contributed by atoms with Gasteiger partial charge in [-0.05, 0) is 6.92 Å². The number of fused-ring (bicyclic) bond motifs is 1. The molecule has 2 rings (SSSR count). The van der Waals surface area contributed by atoms with E-state index in [1.165, 1.54) is 0 Å². The lowest BCUT2D eigenvalue weighted by molar-refractivity contribution is -0.115. The highest BCUT2D eigenvalue weighted by atomic mass is 16.1. The minimum atomic E-state index is -0.00120. The van der Waals surface area contributed by atoms with Gasteiger partial charge in [0.05, 0.1) is 6.20 Å². The summed E-state index contributed by atoms with van der Waals surface area (Å²) in [5.74, 6) is 1.40. The molecule has 1 aliphatic rings. The topological polar surface area (TPSA) is 66.9 Å². The smallest absolute Gasteiger partial charge is 0.226 e. The molecule has 1 aromatic heterocycles. The summed E-state index contributed by atoms with van der Waals surface area (Å²) in [5, 5.41) is 5.79. The molecule has 5 heteroatoms. The standard InChI is InChI=1S/C8H10N4O/c1-5-10-4-6-8(11-5)9-3-2-7(13)12-6/h4H,2-3H2,1H3,(H,12,13)(H,9,10,11). The Labute approximate surface area is 75.6 Å². The average Bonchev–Trinajstić information content (AvgIpc) is 2.25. The van der Waals surface area contributed by atoms with E-state index in [9.17, 15) is 4.79 Å². The van der Waals surface area contributed by atoms with Crippen LogP contribution in [0.15, 0.2) is 6.20 Å². The van der Waals surface area contributed by atoms with Crippen molar-refractivity contribution in [2.24, 2.45) is 0 Å². The van der Waals surface area contributed by atoms with Crippen LogP contribution in [-0.4, -0.2) is 22.4 Å². The Bertz CT molecular complexity index is 350. The van der Waals surface area contributed by atoms with Crippen molar-refractivity contribution in [1.82, 2.24) is 9.97 Å². The molecule has 0 aromatic carbocycles. The summed E-state index contributed by atoms with van der Waals surface area (Å²) >= 11 is 0. The van der Waals surface area contributed by atoms with Crippen LogP contribution >= 0.6 is 0 Å². The van der Waals surface area contributed by atoms with Crippen LogP contribution in [0.3, 0.4) is 0 Å². The number of aromatic nitrogens is 2. The predicted octanol–water partition coefficient (Wildman–Crippen LogP) is 0.539. The molecule has 2 heterocycles.